The number of carbonyl (C=O) groups is 1. The number of hydrogen-bond acceptors (Lipinski definition) is 2. The predicted molar refractivity (Wildman–Crippen MR) is 67.9 cm³/mol. The summed E-state index contributed by atoms with van der Waals surface area (Å²) in [5.41, 5.74) is -1.39. The number of hydrogen-bond donors (Lipinski definition) is 1. The van der Waals surface area contributed by atoms with Gasteiger partial charge in [0.1, 0.15) is 12.3 Å². The third-order valence-electron chi connectivity index (χ3n) is 2.18. The van der Waals surface area contributed by atoms with Crippen molar-refractivity contribution < 1.29 is 22.7 Å². The zero-order valence-electron chi connectivity index (χ0n) is 10.3. The van der Waals surface area contributed by atoms with Crippen molar-refractivity contribution in [2.75, 3.05) is 6.54 Å². The molecule has 19 heavy (non-hydrogen) atoms. The fraction of sp³-hybridized carbons (Fsp3) is 0.417. The van der Waals surface area contributed by atoms with Gasteiger partial charge in [-0.3, -0.25) is 4.79 Å². The fourth-order valence-electron chi connectivity index (χ4n) is 1.24. The first-order valence-electron chi connectivity index (χ1n) is 5.40. The van der Waals surface area contributed by atoms with Gasteiger partial charge in [-0.1, -0.05) is 15.9 Å². The van der Waals surface area contributed by atoms with Gasteiger partial charge in [-0.25, -0.2) is 0 Å². The van der Waals surface area contributed by atoms with Gasteiger partial charge >= 0.3 is 6.18 Å². The molecule has 0 unspecified atom stereocenters. The predicted octanol–water partition coefficient (Wildman–Crippen LogP) is 3.29. The minimum Gasteiger partial charge on any atom is -0.478 e. The molecule has 3 nitrogen and oxygen atoms in total. The summed E-state index contributed by atoms with van der Waals surface area (Å²) >= 11 is 3.24. The van der Waals surface area contributed by atoms with Crippen LogP contribution in [0.5, 0.6) is 5.75 Å². The average molecular weight is 340 g/mol. The molecule has 0 saturated heterocycles. The summed E-state index contributed by atoms with van der Waals surface area (Å²) in [5.74, 6) is -0.428. The molecule has 106 valence electrons. The summed E-state index contributed by atoms with van der Waals surface area (Å²) in [6.07, 6.45) is -4.44. The summed E-state index contributed by atoms with van der Waals surface area (Å²) in [4.78, 5) is 11.6. The highest BCUT2D eigenvalue weighted by Crippen LogP contribution is 2.21. The number of alkyl halides is 3. The summed E-state index contributed by atoms with van der Waals surface area (Å²) < 4.78 is 42.3. The first-order valence-corrected chi connectivity index (χ1v) is 6.19. The zero-order valence-corrected chi connectivity index (χ0v) is 11.9. The van der Waals surface area contributed by atoms with Crippen LogP contribution in [0.4, 0.5) is 13.2 Å². The molecule has 0 aliphatic rings. The van der Waals surface area contributed by atoms with Gasteiger partial charge in [-0.2, -0.15) is 13.2 Å². The van der Waals surface area contributed by atoms with Crippen LogP contribution in [0.25, 0.3) is 0 Å². The van der Waals surface area contributed by atoms with E-state index in [4.69, 9.17) is 4.74 Å². The number of carbonyl (C=O) groups excluding carboxylic acids is 1. The Kier molecular flexibility index (Phi) is 4.84. The minimum absolute atomic E-state index is 0.398. The quantitative estimate of drug-likeness (QED) is 0.914. The van der Waals surface area contributed by atoms with E-state index in [2.05, 4.69) is 15.9 Å². The second kappa shape index (κ2) is 5.81. The Balaban J connectivity index is 2.64. The second-order valence-electron chi connectivity index (χ2n) is 4.36. The van der Waals surface area contributed by atoms with Crippen LogP contribution in [0.3, 0.4) is 0 Å². The molecule has 0 bridgehead atoms. The van der Waals surface area contributed by atoms with E-state index in [0.717, 1.165) is 4.47 Å². The molecular formula is C12H13BrF3NO2. The lowest BCUT2D eigenvalue weighted by atomic mass is 10.1. The summed E-state index contributed by atoms with van der Waals surface area (Å²) in [6.45, 7) is 1.43. The number of rotatable bonds is 4. The molecule has 0 aliphatic heterocycles. The van der Waals surface area contributed by atoms with Crippen molar-refractivity contribution >= 4 is 21.8 Å². The smallest absolute Gasteiger partial charge is 0.405 e. The van der Waals surface area contributed by atoms with Gasteiger partial charge in [0.2, 0.25) is 0 Å². The first-order chi connectivity index (χ1) is 8.60. The molecule has 1 aromatic carbocycles. The van der Waals surface area contributed by atoms with E-state index in [1.807, 2.05) is 0 Å². The van der Waals surface area contributed by atoms with Crippen molar-refractivity contribution in [2.24, 2.45) is 0 Å². The van der Waals surface area contributed by atoms with E-state index >= 15 is 0 Å². The van der Waals surface area contributed by atoms with Crippen molar-refractivity contribution in [1.82, 2.24) is 5.32 Å². The summed E-state index contributed by atoms with van der Waals surface area (Å²) in [6, 6.07) is 6.64. The molecule has 7 heteroatoms. The van der Waals surface area contributed by atoms with E-state index in [1.54, 1.807) is 29.6 Å². The van der Waals surface area contributed by atoms with Gasteiger partial charge in [0.25, 0.3) is 5.91 Å². The largest absolute Gasteiger partial charge is 0.478 e. The van der Waals surface area contributed by atoms with Gasteiger partial charge in [0.15, 0.2) is 5.60 Å². The maximum Gasteiger partial charge on any atom is 0.405 e. The van der Waals surface area contributed by atoms with E-state index in [0.29, 0.717) is 5.75 Å². The maximum absolute atomic E-state index is 12.0. The minimum atomic E-state index is -4.44. The molecule has 0 saturated carbocycles. The molecule has 0 spiro atoms. The molecule has 1 rings (SSSR count). The third kappa shape index (κ3) is 5.50. The van der Waals surface area contributed by atoms with Crippen LogP contribution in [0.2, 0.25) is 0 Å². The Morgan fingerprint density at radius 1 is 1.26 bits per heavy atom. The summed E-state index contributed by atoms with van der Waals surface area (Å²) in [7, 11) is 0. The van der Waals surface area contributed by atoms with Gasteiger partial charge in [0.05, 0.1) is 0 Å². The van der Waals surface area contributed by atoms with Crippen molar-refractivity contribution in [3.63, 3.8) is 0 Å². The van der Waals surface area contributed by atoms with Crippen molar-refractivity contribution in [1.29, 1.82) is 0 Å². The molecule has 0 fully saturated rings. The van der Waals surface area contributed by atoms with Crippen LogP contribution in [0.1, 0.15) is 13.8 Å². The lowest BCUT2D eigenvalue weighted by molar-refractivity contribution is -0.146. The van der Waals surface area contributed by atoms with E-state index in [1.165, 1.54) is 13.8 Å². The second-order valence-corrected chi connectivity index (χ2v) is 5.28. The molecule has 1 amide bonds. The number of nitrogens with one attached hydrogen (secondary N) is 1. The lowest BCUT2D eigenvalue weighted by Gasteiger charge is -2.25. The SMILES string of the molecule is CC(C)(Oc1ccc(Br)cc1)C(=O)NCC(F)(F)F. The standard InChI is InChI=1S/C12H13BrF3NO2/c1-11(2,10(18)17-7-12(14,15)16)19-9-5-3-8(13)4-6-9/h3-6H,7H2,1-2H3,(H,17,18). The van der Waals surface area contributed by atoms with Crippen LogP contribution in [0.15, 0.2) is 28.7 Å². The van der Waals surface area contributed by atoms with Crippen LogP contribution in [-0.2, 0) is 4.79 Å². The topological polar surface area (TPSA) is 38.3 Å². The Hall–Kier alpha value is -1.24. The Labute approximate surface area is 117 Å². The molecule has 0 heterocycles. The Morgan fingerprint density at radius 2 is 1.79 bits per heavy atom. The number of ether oxygens (including phenoxy) is 1. The Bertz CT molecular complexity index is 443. The van der Waals surface area contributed by atoms with Crippen molar-refractivity contribution in [3.05, 3.63) is 28.7 Å². The lowest BCUT2D eigenvalue weighted by Crippen LogP contribution is -2.49. The van der Waals surface area contributed by atoms with Crippen LogP contribution in [0, 0.1) is 0 Å². The zero-order chi connectivity index (χ0) is 14.7. The third-order valence-corrected chi connectivity index (χ3v) is 2.71. The van der Waals surface area contributed by atoms with E-state index < -0.39 is 24.2 Å². The van der Waals surface area contributed by atoms with Gasteiger partial charge < -0.3 is 10.1 Å². The molecule has 0 atom stereocenters. The first kappa shape index (κ1) is 15.8. The number of halogens is 4. The maximum atomic E-state index is 12.0. The highest BCUT2D eigenvalue weighted by molar-refractivity contribution is 9.10. The van der Waals surface area contributed by atoms with E-state index in [9.17, 15) is 18.0 Å². The van der Waals surface area contributed by atoms with E-state index in [-0.39, 0.29) is 0 Å². The van der Waals surface area contributed by atoms with Crippen LogP contribution < -0.4 is 10.1 Å². The normalized spacial score (nSPS) is 12.1. The molecule has 1 N–H and O–H groups in total. The molecule has 0 aromatic heterocycles. The van der Waals surface area contributed by atoms with Crippen molar-refractivity contribution in [3.8, 4) is 5.75 Å². The number of benzene rings is 1. The molecule has 0 aliphatic carbocycles. The Morgan fingerprint density at radius 3 is 2.26 bits per heavy atom. The highest BCUT2D eigenvalue weighted by atomic mass is 79.9. The molecule has 1 aromatic rings. The summed E-state index contributed by atoms with van der Waals surface area (Å²) in [5, 5.41) is 1.80. The highest BCUT2D eigenvalue weighted by Gasteiger charge is 2.34. The molecular weight excluding hydrogens is 327 g/mol. The van der Waals surface area contributed by atoms with Crippen LogP contribution in [-0.4, -0.2) is 24.2 Å². The van der Waals surface area contributed by atoms with Gasteiger partial charge in [-0.05, 0) is 38.1 Å². The van der Waals surface area contributed by atoms with Crippen molar-refractivity contribution in [2.45, 2.75) is 25.6 Å². The molecule has 0 radical (unpaired) electrons. The monoisotopic (exact) mass is 339 g/mol. The van der Waals surface area contributed by atoms with Gasteiger partial charge in [0, 0.05) is 4.47 Å². The number of amides is 1. The fourth-order valence-corrected chi connectivity index (χ4v) is 1.50. The van der Waals surface area contributed by atoms with Gasteiger partial charge in [-0.15, -0.1) is 0 Å². The van der Waals surface area contributed by atoms with Crippen LogP contribution >= 0.6 is 15.9 Å². The average Bonchev–Trinajstić information content (AvgIpc) is 2.27.